The Morgan fingerprint density at radius 3 is 3.00 bits per heavy atom. The first-order valence-electron chi connectivity index (χ1n) is 4.09. The van der Waals surface area contributed by atoms with E-state index in [-0.39, 0.29) is 17.4 Å². The first kappa shape index (κ1) is 8.25. The molecule has 0 spiro atoms. The summed E-state index contributed by atoms with van der Waals surface area (Å²) < 4.78 is 6.45. The third-order valence-corrected chi connectivity index (χ3v) is 1.99. The topological polar surface area (TPSA) is 67.4 Å². The summed E-state index contributed by atoms with van der Waals surface area (Å²) in [5, 5.41) is 0. The molecule has 5 nitrogen and oxygen atoms in total. The predicted octanol–water partition coefficient (Wildman–Crippen LogP) is -0.756. The van der Waals surface area contributed by atoms with Crippen LogP contribution in [0.15, 0.2) is 15.8 Å². The highest BCUT2D eigenvalue weighted by molar-refractivity contribution is 5.01. The number of H-pyrrole nitrogens is 1. The summed E-state index contributed by atoms with van der Waals surface area (Å²) in [6, 6.07) is 0. The highest BCUT2D eigenvalue weighted by Gasteiger charge is 2.23. The van der Waals surface area contributed by atoms with Crippen molar-refractivity contribution in [3.63, 3.8) is 0 Å². The van der Waals surface area contributed by atoms with Crippen LogP contribution in [0.25, 0.3) is 0 Å². The molecule has 1 aromatic heterocycles. The van der Waals surface area contributed by atoms with Crippen LogP contribution in [-0.4, -0.2) is 22.3 Å². The van der Waals surface area contributed by atoms with Crippen LogP contribution in [0.5, 0.6) is 0 Å². The smallest absolute Gasteiger partial charge is 0.328 e. The highest BCUT2D eigenvalue weighted by Crippen LogP contribution is 2.09. The molecule has 0 bridgehead atoms. The number of aromatic nitrogens is 2. The number of aromatic amines is 1. The Hall–Kier alpha value is -1.36. The average Bonchev–Trinajstić information content (AvgIpc) is 2.84. The lowest BCUT2D eigenvalue weighted by Gasteiger charge is -2.02. The van der Waals surface area contributed by atoms with Crippen molar-refractivity contribution in [1.29, 1.82) is 0 Å². The number of rotatable bonds is 2. The molecule has 70 valence electrons. The number of nitrogens with zero attached hydrogens (tertiary/aromatic N) is 1. The maximum atomic E-state index is 11.2. The minimum Gasteiger partial charge on any atom is -0.371 e. The lowest BCUT2D eigenvalue weighted by molar-refractivity contribution is 0.378. The van der Waals surface area contributed by atoms with E-state index < -0.39 is 0 Å². The second-order valence-electron chi connectivity index (χ2n) is 3.18. The first-order valence-corrected chi connectivity index (χ1v) is 4.09. The van der Waals surface area contributed by atoms with E-state index in [1.165, 1.54) is 4.57 Å². The van der Waals surface area contributed by atoms with Crippen molar-refractivity contribution in [1.82, 2.24) is 9.55 Å². The summed E-state index contributed by atoms with van der Waals surface area (Å²) >= 11 is 0. The second kappa shape index (κ2) is 2.85. The maximum Gasteiger partial charge on any atom is 0.328 e. The molecule has 2 rings (SSSR count). The summed E-state index contributed by atoms with van der Waals surface area (Å²) in [4.78, 5) is 24.4. The molecule has 1 fully saturated rings. The Bertz CT molecular complexity index is 428. The van der Waals surface area contributed by atoms with Gasteiger partial charge in [-0.05, 0) is 6.92 Å². The summed E-state index contributed by atoms with van der Waals surface area (Å²) in [7, 11) is 0. The third kappa shape index (κ3) is 1.70. The van der Waals surface area contributed by atoms with Crippen LogP contribution >= 0.6 is 0 Å². The molecule has 1 saturated heterocycles. The Morgan fingerprint density at radius 2 is 2.38 bits per heavy atom. The molecule has 5 heteroatoms. The fraction of sp³-hybridized carbons (Fsp3) is 0.500. The van der Waals surface area contributed by atoms with E-state index in [0.717, 1.165) is 0 Å². The first-order chi connectivity index (χ1) is 6.16. The van der Waals surface area contributed by atoms with Crippen LogP contribution in [0.1, 0.15) is 5.56 Å². The lowest BCUT2D eigenvalue weighted by Crippen LogP contribution is -2.31. The van der Waals surface area contributed by atoms with Gasteiger partial charge >= 0.3 is 5.69 Å². The van der Waals surface area contributed by atoms with Crippen LogP contribution in [-0.2, 0) is 11.3 Å². The minimum absolute atomic E-state index is 0.142. The van der Waals surface area contributed by atoms with Crippen molar-refractivity contribution in [2.24, 2.45) is 0 Å². The van der Waals surface area contributed by atoms with Gasteiger partial charge in [-0.15, -0.1) is 0 Å². The van der Waals surface area contributed by atoms with Gasteiger partial charge in [0, 0.05) is 11.8 Å². The van der Waals surface area contributed by atoms with Crippen molar-refractivity contribution >= 4 is 0 Å². The van der Waals surface area contributed by atoms with Gasteiger partial charge in [0.2, 0.25) is 0 Å². The zero-order chi connectivity index (χ0) is 9.42. The van der Waals surface area contributed by atoms with Crippen LogP contribution in [0.4, 0.5) is 0 Å². The van der Waals surface area contributed by atoms with E-state index in [9.17, 15) is 9.59 Å². The fourth-order valence-corrected chi connectivity index (χ4v) is 1.15. The molecule has 13 heavy (non-hydrogen) atoms. The molecule has 0 aromatic carbocycles. The van der Waals surface area contributed by atoms with Crippen LogP contribution in [0.2, 0.25) is 0 Å². The molecule has 1 N–H and O–H groups in total. The van der Waals surface area contributed by atoms with Gasteiger partial charge in [-0.3, -0.25) is 14.3 Å². The van der Waals surface area contributed by atoms with E-state index >= 15 is 0 Å². The summed E-state index contributed by atoms with van der Waals surface area (Å²) in [5.41, 5.74) is -0.149. The molecule has 1 unspecified atom stereocenters. The number of aryl methyl sites for hydroxylation is 1. The molecular weight excluding hydrogens is 172 g/mol. The molecule has 1 aliphatic heterocycles. The Balaban J connectivity index is 2.38. The summed E-state index contributed by atoms with van der Waals surface area (Å²) in [6.07, 6.45) is 1.70. The van der Waals surface area contributed by atoms with Crippen LogP contribution in [0.3, 0.4) is 0 Å². The zero-order valence-corrected chi connectivity index (χ0v) is 7.24. The number of hydrogen-bond donors (Lipinski definition) is 1. The Labute approximate surface area is 74.0 Å². The second-order valence-corrected chi connectivity index (χ2v) is 3.18. The van der Waals surface area contributed by atoms with Crippen molar-refractivity contribution in [3.05, 3.63) is 32.6 Å². The Kier molecular flexibility index (Phi) is 1.81. The quantitative estimate of drug-likeness (QED) is 0.611. The predicted molar refractivity (Wildman–Crippen MR) is 45.8 cm³/mol. The molecule has 0 radical (unpaired) electrons. The molecule has 0 saturated carbocycles. The van der Waals surface area contributed by atoms with Gasteiger partial charge in [-0.25, -0.2) is 4.79 Å². The Morgan fingerprint density at radius 1 is 1.69 bits per heavy atom. The van der Waals surface area contributed by atoms with E-state index in [1.807, 2.05) is 0 Å². The minimum atomic E-state index is -0.369. The molecule has 0 amide bonds. The normalized spacial score (nSPS) is 20.2. The van der Waals surface area contributed by atoms with E-state index in [4.69, 9.17) is 4.74 Å². The van der Waals surface area contributed by atoms with Crippen molar-refractivity contribution in [3.8, 4) is 0 Å². The average molecular weight is 182 g/mol. The van der Waals surface area contributed by atoms with Crippen molar-refractivity contribution < 1.29 is 4.74 Å². The lowest BCUT2D eigenvalue weighted by atomic mass is 10.4. The van der Waals surface area contributed by atoms with E-state index in [1.54, 1.807) is 13.1 Å². The van der Waals surface area contributed by atoms with Crippen LogP contribution in [0, 0.1) is 6.92 Å². The SMILES string of the molecule is Cc1cn(CC2CO2)c(=O)[nH]c1=O. The number of epoxide rings is 1. The number of hydrogen-bond acceptors (Lipinski definition) is 3. The highest BCUT2D eigenvalue weighted by atomic mass is 16.6. The molecule has 1 aromatic rings. The number of nitrogens with one attached hydrogen (secondary N) is 1. The van der Waals surface area contributed by atoms with Gasteiger partial charge in [-0.2, -0.15) is 0 Å². The van der Waals surface area contributed by atoms with Gasteiger partial charge in [0.15, 0.2) is 0 Å². The number of ether oxygens (including phenoxy) is 1. The summed E-state index contributed by atoms with van der Waals surface area (Å²) in [5.74, 6) is 0. The molecule has 0 aliphatic carbocycles. The van der Waals surface area contributed by atoms with Crippen molar-refractivity contribution in [2.75, 3.05) is 6.61 Å². The fourth-order valence-electron chi connectivity index (χ4n) is 1.15. The molecule has 1 aliphatic rings. The third-order valence-electron chi connectivity index (χ3n) is 1.99. The monoisotopic (exact) mass is 182 g/mol. The molecule has 1 atom stereocenters. The van der Waals surface area contributed by atoms with Gasteiger partial charge in [-0.1, -0.05) is 0 Å². The van der Waals surface area contributed by atoms with E-state index in [2.05, 4.69) is 4.98 Å². The summed E-state index contributed by atoms with van der Waals surface area (Å²) in [6.45, 7) is 2.89. The molecule has 2 heterocycles. The van der Waals surface area contributed by atoms with Crippen LogP contribution < -0.4 is 11.2 Å². The van der Waals surface area contributed by atoms with Gasteiger partial charge < -0.3 is 4.74 Å². The standard InChI is InChI=1S/C8H10N2O3/c1-5-2-10(3-6-4-13-6)8(12)9-7(5)11/h2,6H,3-4H2,1H3,(H,9,11,12). The maximum absolute atomic E-state index is 11.2. The largest absolute Gasteiger partial charge is 0.371 e. The van der Waals surface area contributed by atoms with Gasteiger partial charge in [0.05, 0.1) is 19.3 Å². The van der Waals surface area contributed by atoms with Crippen molar-refractivity contribution in [2.45, 2.75) is 19.6 Å². The molecular formula is C8H10N2O3. The van der Waals surface area contributed by atoms with Gasteiger partial charge in [0.1, 0.15) is 0 Å². The zero-order valence-electron chi connectivity index (χ0n) is 7.24. The van der Waals surface area contributed by atoms with Gasteiger partial charge in [0.25, 0.3) is 5.56 Å². The van der Waals surface area contributed by atoms with E-state index in [0.29, 0.717) is 18.7 Å².